The lowest BCUT2D eigenvalue weighted by Crippen LogP contribution is -2.44. The Morgan fingerprint density at radius 2 is 2.19 bits per heavy atom. The van der Waals surface area contributed by atoms with Gasteiger partial charge in [-0.2, -0.15) is 0 Å². The average molecular weight is 223 g/mol. The minimum Gasteiger partial charge on any atom is -0.390 e. The minimum absolute atomic E-state index is 0.168. The SMILES string of the molecule is C=C/C=C(\C=NC)[C@@H]1O[C@H](C)C[C@H](C)[C@H]1O. The summed E-state index contributed by atoms with van der Waals surface area (Å²) in [4.78, 5) is 3.98. The summed E-state index contributed by atoms with van der Waals surface area (Å²) in [6.07, 6.45) is 5.55. The van der Waals surface area contributed by atoms with Crippen molar-refractivity contribution in [2.75, 3.05) is 7.05 Å². The molecule has 0 aromatic heterocycles. The molecule has 0 unspecified atom stereocenters. The van der Waals surface area contributed by atoms with Crippen molar-refractivity contribution in [1.82, 2.24) is 0 Å². The summed E-state index contributed by atoms with van der Waals surface area (Å²) >= 11 is 0. The molecule has 0 aliphatic carbocycles. The first-order valence-corrected chi connectivity index (χ1v) is 5.68. The van der Waals surface area contributed by atoms with Crippen molar-refractivity contribution in [3.8, 4) is 0 Å². The van der Waals surface area contributed by atoms with Crippen molar-refractivity contribution in [2.24, 2.45) is 10.9 Å². The molecule has 0 radical (unpaired) electrons. The smallest absolute Gasteiger partial charge is 0.110 e. The van der Waals surface area contributed by atoms with Crippen molar-refractivity contribution < 1.29 is 9.84 Å². The molecule has 1 rings (SSSR count). The number of rotatable bonds is 3. The normalized spacial score (nSPS) is 36.6. The third-order valence-electron chi connectivity index (χ3n) is 2.89. The Hall–Kier alpha value is -0.930. The van der Waals surface area contributed by atoms with Crippen molar-refractivity contribution >= 4 is 6.21 Å². The maximum atomic E-state index is 10.1. The molecule has 0 spiro atoms. The summed E-state index contributed by atoms with van der Waals surface area (Å²) < 4.78 is 5.78. The van der Waals surface area contributed by atoms with Crippen LogP contribution in [0.3, 0.4) is 0 Å². The largest absolute Gasteiger partial charge is 0.390 e. The van der Waals surface area contributed by atoms with Gasteiger partial charge in [0, 0.05) is 18.8 Å². The zero-order valence-corrected chi connectivity index (χ0v) is 10.3. The third kappa shape index (κ3) is 3.03. The second-order valence-corrected chi connectivity index (χ2v) is 4.36. The second kappa shape index (κ2) is 5.97. The fourth-order valence-corrected chi connectivity index (χ4v) is 2.12. The van der Waals surface area contributed by atoms with Crippen LogP contribution >= 0.6 is 0 Å². The van der Waals surface area contributed by atoms with Crippen LogP contribution in [-0.2, 0) is 4.74 Å². The van der Waals surface area contributed by atoms with Gasteiger partial charge in [0.1, 0.15) is 6.10 Å². The molecule has 3 heteroatoms. The van der Waals surface area contributed by atoms with E-state index in [2.05, 4.69) is 11.6 Å². The van der Waals surface area contributed by atoms with Crippen molar-refractivity contribution in [2.45, 2.75) is 38.6 Å². The van der Waals surface area contributed by atoms with Gasteiger partial charge in [0.25, 0.3) is 0 Å². The fourth-order valence-electron chi connectivity index (χ4n) is 2.12. The Balaban J connectivity index is 2.89. The first-order chi connectivity index (χ1) is 7.60. The summed E-state index contributed by atoms with van der Waals surface area (Å²) in [6.45, 7) is 7.74. The molecular formula is C13H21NO2. The highest BCUT2D eigenvalue weighted by Gasteiger charge is 2.34. The maximum absolute atomic E-state index is 10.1. The van der Waals surface area contributed by atoms with Crippen LogP contribution in [0, 0.1) is 5.92 Å². The molecule has 0 saturated carbocycles. The van der Waals surface area contributed by atoms with Gasteiger partial charge in [-0.1, -0.05) is 25.7 Å². The molecule has 1 heterocycles. The first kappa shape index (κ1) is 13.1. The van der Waals surface area contributed by atoms with E-state index in [0.29, 0.717) is 0 Å². The molecule has 1 saturated heterocycles. The van der Waals surface area contributed by atoms with Crippen LogP contribution in [0.15, 0.2) is 29.3 Å². The molecule has 90 valence electrons. The Bertz CT molecular complexity index is 296. The van der Waals surface area contributed by atoms with Crippen LogP contribution in [0.5, 0.6) is 0 Å². The number of hydrogen-bond donors (Lipinski definition) is 1. The van der Waals surface area contributed by atoms with Gasteiger partial charge in [-0.05, 0) is 19.3 Å². The van der Waals surface area contributed by atoms with E-state index in [1.807, 2.05) is 19.9 Å². The van der Waals surface area contributed by atoms with E-state index >= 15 is 0 Å². The van der Waals surface area contributed by atoms with Gasteiger partial charge in [-0.25, -0.2) is 0 Å². The Morgan fingerprint density at radius 3 is 2.75 bits per heavy atom. The first-order valence-electron chi connectivity index (χ1n) is 5.68. The molecule has 4 atom stereocenters. The molecule has 1 fully saturated rings. The van der Waals surface area contributed by atoms with Crippen molar-refractivity contribution in [3.05, 3.63) is 24.3 Å². The fraction of sp³-hybridized carbons (Fsp3) is 0.615. The standard InChI is InChI=1S/C13H21NO2/c1-5-6-11(8-14-4)13-12(15)9(2)7-10(3)16-13/h5-6,8-10,12-13,15H,1,7H2,2-4H3/b11-6+,14-8?/t9-,10+,12+,13-/m0/s1. The van der Waals surface area contributed by atoms with Crippen LogP contribution in [0.1, 0.15) is 20.3 Å². The van der Waals surface area contributed by atoms with Crippen LogP contribution in [-0.4, -0.2) is 36.7 Å². The quantitative estimate of drug-likeness (QED) is 0.587. The third-order valence-corrected chi connectivity index (χ3v) is 2.89. The van der Waals surface area contributed by atoms with Gasteiger partial charge >= 0.3 is 0 Å². The van der Waals surface area contributed by atoms with Crippen LogP contribution < -0.4 is 0 Å². The van der Waals surface area contributed by atoms with E-state index in [-0.39, 0.29) is 18.1 Å². The molecule has 1 aliphatic rings. The molecule has 16 heavy (non-hydrogen) atoms. The topological polar surface area (TPSA) is 41.8 Å². The highest BCUT2D eigenvalue weighted by atomic mass is 16.5. The van der Waals surface area contributed by atoms with E-state index in [1.165, 1.54) is 0 Å². The minimum atomic E-state index is -0.472. The maximum Gasteiger partial charge on any atom is 0.110 e. The van der Waals surface area contributed by atoms with Gasteiger partial charge in [0.2, 0.25) is 0 Å². The highest BCUT2D eigenvalue weighted by Crippen LogP contribution is 2.28. The average Bonchev–Trinajstić information content (AvgIpc) is 2.23. The van der Waals surface area contributed by atoms with Crippen molar-refractivity contribution in [3.63, 3.8) is 0 Å². The van der Waals surface area contributed by atoms with E-state index in [9.17, 15) is 5.11 Å². The zero-order chi connectivity index (χ0) is 12.1. The molecule has 1 N–H and O–H groups in total. The van der Waals surface area contributed by atoms with Crippen LogP contribution in [0.2, 0.25) is 0 Å². The molecule has 1 aliphatic heterocycles. The summed E-state index contributed by atoms with van der Waals surface area (Å²) in [5, 5.41) is 10.1. The second-order valence-electron chi connectivity index (χ2n) is 4.36. The summed E-state index contributed by atoms with van der Waals surface area (Å²) in [6, 6.07) is 0. The predicted molar refractivity (Wildman–Crippen MR) is 66.8 cm³/mol. The molecule has 0 aromatic rings. The lowest BCUT2D eigenvalue weighted by atomic mass is 9.87. The summed E-state index contributed by atoms with van der Waals surface area (Å²) in [5.74, 6) is 0.243. The van der Waals surface area contributed by atoms with E-state index < -0.39 is 6.10 Å². The molecular weight excluding hydrogens is 202 g/mol. The number of allylic oxidation sites excluding steroid dienone is 2. The van der Waals surface area contributed by atoms with E-state index in [0.717, 1.165) is 12.0 Å². The van der Waals surface area contributed by atoms with Gasteiger partial charge in [-0.15, -0.1) is 0 Å². The number of hydrogen-bond acceptors (Lipinski definition) is 3. The molecule has 0 amide bonds. The zero-order valence-electron chi connectivity index (χ0n) is 10.3. The molecule has 0 aromatic carbocycles. The number of aliphatic hydroxyl groups excluding tert-OH is 1. The summed E-state index contributed by atoms with van der Waals surface area (Å²) in [5.41, 5.74) is 0.878. The highest BCUT2D eigenvalue weighted by molar-refractivity contribution is 5.80. The van der Waals surface area contributed by atoms with Crippen LogP contribution in [0.4, 0.5) is 0 Å². The number of nitrogens with zero attached hydrogens (tertiary/aromatic N) is 1. The number of aliphatic imine (C=N–C) groups is 1. The lowest BCUT2D eigenvalue weighted by molar-refractivity contribution is -0.116. The monoisotopic (exact) mass is 223 g/mol. The van der Waals surface area contributed by atoms with Gasteiger partial charge in [0.15, 0.2) is 0 Å². The predicted octanol–water partition coefficient (Wildman–Crippen LogP) is 1.97. The molecule has 3 nitrogen and oxygen atoms in total. The molecule has 0 bridgehead atoms. The van der Waals surface area contributed by atoms with E-state index in [1.54, 1.807) is 19.3 Å². The van der Waals surface area contributed by atoms with Gasteiger partial charge < -0.3 is 9.84 Å². The lowest BCUT2D eigenvalue weighted by Gasteiger charge is -2.37. The number of aliphatic hydroxyl groups is 1. The Labute approximate surface area is 97.5 Å². The Kier molecular flexibility index (Phi) is 4.90. The van der Waals surface area contributed by atoms with Gasteiger partial charge in [-0.3, -0.25) is 4.99 Å². The van der Waals surface area contributed by atoms with Gasteiger partial charge in [0.05, 0.1) is 12.2 Å². The van der Waals surface area contributed by atoms with Crippen LogP contribution in [0.25, 0.3) is 0 Å². The number of ether oxygens (including phenoxy) is 1. The van der Waals surface area contributed by atoms with E-state index in [4.69, 9.17) is 4.74 Å². The van der Waals surface area contributed by atoms with Crippen molar-refractivity contribution in [1.29, 1.82) is 0 Å². The Morgan fingerprint density at radius 1 is 1.50 bits per heavy atom. The summed E-state index contributed by atoms with van der Waals surface area (Å²) in [7, 11) is 1.71.